The Hall–Kier alpha value is -2.08. The molecule has 6 nitrogen and oxygen atoms in total. The number of hydrogen-bond acceptors (Lipinski definition) is 5. The Morgan fingerprint density at radius 2 is 1.80 bits per heavy atom. The second-order valence-corrected chi connectivity index (χ2v) is 7.45. The minimum atomic E-state index is -0.477. The molecule has 6 heteroatoms. The van der Waals surface area contributed by atoms with E-state index in [1.165, 1.54) is 7.11 Å². The maximum atomic E-state index is 12.3. The van der Waals surface area contributed by atoms with Crippen LogP contribution in [0, 0.1) is 0 Å². The number of rotatable bonds is 3. The summed E-state index contributed by atoms with van der Waals surface area (Å²) in [5.74, 6) is -0.328. The van der Waals surface area contributed by atoms with Crippen LogP contribution in [0.25, 0.3) is 0 Å². The molecule has 0 N–H and O–H groups in total. The van der Waals surface area contributed by atoms with Gasteiger partial charge in [0.15, 0.2) is 0 Å². The molecular weight excluding hydrogens is 320 g/mol. The molecule has 1 amide bonds. The molecule has 0 unspecified atom stereocenters. The molecule has 0 bridgehead atoms. The largest absolute Gasteiger partial charge is 0.465 e. The van der Waals surface area contributed by atoms with E-state index in [0.29, 0.717) is 12.1 Å². The number of carbonyl (C=O) groups excluding carboxylic acids is 2. The summed E-state index contributed by atoms with van der Waals surface area (Å²) in [6.45, 7) is 10.7. The van der Waals surface area contributed by atoms with E-state index in [0.717, 1.165) is 25.2 Å². The second-order valence-electron chi connectivity index (χ2n) is 7.45. The van der Waals surface area contributed by atoms with Crippen molar-refractivity contribution in [2.45, 2.75) is 45.9 Å². The minimum Gasteiger partial charge on any atom is -0.465 e. The third kappa shape index (κ3) is 5.46. The fourth-order valence-electron chi connectivity index (χ4n) is 2.89. The van der Waals surface area contributed by atoms with Gasteiger partial charge >= 0.3 is 12.1 Å². The van der Waals surface area contributed by atoms with Crippen molar-refractivity contribution in [3.8, 4) is 0 Å². The van der Waals surface area contributed by atoms with Gasteiger partial charge in [-0.3, -0.25) is 4.90 Å². The van der Waals surface area contributed by atoms with Crippen molar-refractivity contribution in [2.75, 3.05) is 26.7 Å². The SMILES string of the molecule is COC(=O)c1ccc(CN2CCN(C(=O)OC(C)(C)C)[C@H](C)C2)cc1. The first-order valence-electron chi connectivity index (χ1n) is 8.59. The molecule has 25 heavy (non-hydrogen) atoms. The van der Waals surface area contributed by atoms with Crippen LogP contribution in [0.4, 0.5) is 4.79 Å². The summed E-state index contributed by atoms with van der Waals surface area (Å²) < 4.78 is 10.2. The van der Waals surface area contributed by atoms with Gasteiger partial charge in [-0.1, -0.05) is 12.1 Å². The lowest BCUT2D eigenvalue weighted by Crippen LogP contribution is -2.54. The van der Waals surface area contributed by atoms with Crippen LogP contribution in [0.3, 0.4) is 0 Å². The zero-order chi connectivity index (χ0) is 18.6. The smallest absolute Gasteiger partial charge is 0.410 e. The number of benzene rings is 1. The van der Waals surface area contributed by atoms with Crippen LogP contribution in [0.15, 0.2) is 24.3 Å². The summed E-state index contributed by atoms with van der Waals surface area (Å²) in [5, 5.41) is 0. The molecule has 1 saturated heterocycles. The molecule has 0 spiro atoms. The maximum Gasteiger partial charge on any atom is 0.410 e. The molecule has 1 heterocycles. The van der Waals surface area contributed by atoms with Gasteiger partial charge in [-0.2, -0.15) is 0 Å². The first kappa shape index (κ1) is 19.2. The van der Waals surface area contributed by atoms with E-state index in [4.69, 9.17) is 9.47 Å². The van der Waals surface area contributed by atoms with Gasteiger partial charge in [0.2, 0.25) is 0 Å². The molecule has 1 atom stereocenters. The zero-order valence-corrected chi connectivity index (χ0v) is 15.7. The van der Waals surface area contributed by atoms with Crippen molar-refractivity contribution in [3.63, 3.8) is 0 Å². The van der Waals surface area contributed by atoms with Crippen molar-refractivity contribution in [1.29, 1.82) is 0 Å². The summed E-state index contributed by atoms with van der Waals surface area (Å²) in [5.41, 5.74) is 1.20. The average Bonchev–Trinajstić information content (AvgIpc) is 2.53. The van der Waals surface area contributed by atoms with Crippen LogP contribution in [0.5, 0.6) is 0 Å². The van der Waals surface area contributed by atoms with E-state index >= 15 is 0 Å². The molecule has 1 aliphatic rings. The van der Waals surface area contributed by atoms with Gasteiger partial charge in [0, 0.05) is 32.2 Å². The molecule has 1 aliphatic heterocycles. The Bertz CT molecular complexity index is 607. The Morgan fingerprint density at radius 3 is 2.32 bits per heavy atom. The first-order chi connectivity index (χ1) is 11.7. The lowest BCUT2D eigenvalue weighted by Gasteiger charge is -2.40. The molecule has 0 aliphatic carbocycles. The topological polar surface area (TPSA) is 59.1 Å². The fraction of sp³-hybridized carbons (Fsp3) is 0.579. The maximum absolute atomic E-state index is 12.3. The van der Waals surface area contributed by atoms with Gasteiger partial charge in [0.05, 0.1) is 12.7 Å². The highest BCUT2D eigenvalue weighted by Gasteiger charge is 2.30. The third-order valence-corrected chi connectivity index (χ3v) is 4.12. The molecule has 0 radical (unpaired) electrons. The lowest BCUT2D eigenvalue weighted by molar-refractivity contribution is 0.000554. The predicted octanol–water partition coefficient (Wildman–Crippen LogP) is 2.91. The van der Waals surface area contributed by atoms with Crippen LogP contribution < -0.4 is 0 Å². The molecule has 2 rings (SSSR count). The number of methoxy groups -OCH3 is 1. The van der Waals surface area contributed by atoms with Crippen LogP contribution >= 0.6 is 0 Å². The number of amides is 1. The summed E-state index contributed by atoms with van der Waals surface area (Å²) >= 11 is 0. The quantitative estimate of drug-likeness (QED) is 0.786. The van der Waals surface area contributed by atoms with Crippen molar-refractivity contribution in [3.05, 3.63) is 35.4 Å². The van der Waals surface area contributed by atoms with Gasteiger partial charge < -0.3 is 14.4 Å². The number of hydrogen-bond donors (Lipinski definition) is 0. The van der Waals surface area contributed by atoms with E-state index in [9.17, 15) is 9.59 Å². The second kappa shape index (κ2) is 7.87. The number of esters is 1. The first-order valence-corrected chi connectivity index (χ1v) is 8.59. The van der Waals surface area contributed by atoms with Gasteiger partial charge in [0.25, 0.3) is 0 Å². The molecule has 0 aromatic heterocycles. The predicted molar refractivity (Wildman–Crippen MR) is 95.5 cm³/mol. The van der Waals surface area contributed by atoms with Crippen molar-refractivity contribution in [1.82, 2.24) is 9.80 Å². The molecule has 138 valence electrons. The Kier molecular flexibility index (Phi) is 6.06. The van der Waals surface area contributed by atoms with Crippen molar-refractivity contribution < 1.29 is 19.1 Å². The van der Waals surface area contributed by atoms with E-state index in [2.05, 4.69) is 4.90 Å². The summed E-state index contributed by atoms with van der Waals surface area (Å²) in [4.78, 5) is 27.8. The monoisotopic (exact) mass is 348 g/mol. The number of nitrogens with zero attached hydrogens (tertiary/aromatic N) is 2. The average molecular weight is 348 g/mol. The highest BCUT2D eigenvalue weighted by Crippen LogP contribution is 2.17. The van der Waals surface area contributed by atoms with Gasteiger partial charge in [0.1, 0.15) is 5.60 Å². The fourth-order valence-corrected chi connectivity index (χ4v) is 2.89. The molecule has 1 aromatic rings. The standard InChI is InChI=1S/C19H28N2O4/c1-14-12-20(10-11-21(14)18(23)25-19(2,3)4)13-15-6-8-16(9-7-15)17(22)24-5/h6-9,14H,10-13H2,1-5H3/t14-/m1/s1. The molecule has 1 fully saturated rings. The van der Waals surface area contributed by atoms with Crippen LogP contribution in [0.2, 0.25) is 0 Å². The van der Waals surface area contributed by atoms with E-state index in [1.807, 2.05) is 39.8 Å². The van der Waals surface area contributed by atoms with Gasteiger partial charge in [-0.15, -0.1) is 0 Å². The van der Waals surface area contributed by atoms with Crippen LogP contribution in [0.1, 0.15) is 43.6 Å². The Morgan fingerprint density at radius 1 is 1.16 bits per heavy atom. The van der Waals surface area contributed by atoms with Crippen molar-refractivity contribution >= 4 is 12.1 Å². The van der Waals surface area contributed by atoms with Crippen LogP contribution in [-0.4, -0.2) is 60.2 Å². The number of ether oxygens (including phenoxy) is 2. The lowest BCUT2D eigenvalue weighted by atomic mass is 10.1. The Labute approximate surface area is 149 Å². The van der Waals surface area contributed by atoms with Gasteiger partial charge in [-0.25, -0.2) is 9.59 Å². The highest BCUT2D eigenvalue weighted by molar-refractivity contribution is 5.89. The van der Waals surface area contributed by atoms with E-state index in [1.54, 1.807) is 17.0 Å². The third-order valence-electron chi connectivity index (χ3n) is 4.12. The summed E-state index contributed by atoms with van der Waals surface area (Å²) in [7, 11) is 1.38. The van der Waals surface area contributed by atoms with Gasteiger partial charge in [-0.05, 0) is 45.4 Å². The number of piperazine rings is 1. The minimum absolute atomic E-state index is 0.0953. The summed E-state index contributed by atoms with van der Waals surface area (Å²) in [6.07, 6.45) is -0.248. The highest BCUT2D eigenvalue weighted by atomic mass is 16.6. The van der Waals surface area contributed by atoms with E-state index < -0.39 is 5.60 Å². The van der Waals surface area contributed by atoms with E-state index in [-0.39, 0.29) is 18.1 Å². The number of carbonyl (C=O) groups is 2. The molecular formula is C19H28N2O4. The Balaban J connectivity index is 1.90. The molecule has 1 aromatic carbocycles. The molecule has 0 saturated carbocycles. The summed E-state index contributed by atoms with van der Waals surface area (Å²) in [6, 6.07) is 7.54. The van der Waals surface area contributed by atoms with Crippen molar-refractivity contribution in [2.24, 2.45) is 0 Å². The normalized spacial score (nSPS) is 18.8. The zero-order valence-electron chi connectivity index (χ0n) is 15.7. The van der Waals surface area contributed by atoms with Crippen LogP contribution in [-0.2, 0) is 16.0 Å².